The van der Waals surface area contributed by atoms with Crippen LogP contribution in [0.1, 0.15) is 12.1 Å². The van der Waals surface area contributed by atoms with Gasteiger partial charge in [0.25, 0.3) is 0 Å². The standard InChI is InChI=1S/C11H18N4S.ClH/c1-16-11-10(14-4-5-15-11)8-13-7-9-2-3-12-6-9;/h4-5,9,12-13H,2-3,6-8H2,1H3;1H. The molecule has 6 heteroatoms. The summed E-state index contributed by atoms with van der Waals surface area (Å²) in [6.45, 7) is 4.19. The Labute approximate surface area is 113 Å². The van der Waals surface area contributed by atoms with Gasteiger partial charge in [-0.3, -0.25) is 4.98 Å². The summed E-state index contributed by atoms with van der Waals surface area (Å²) in [7, 11) is 0. The second-order valence-electron chi connectivity index (χ2n) is 4.00. The highest BCUT2D eigenvalue weighted by Gasteiger charge is 2.13. The maximum atomic E-state index is 4.35. The van der Waals surface area contributed by atoms with Gasteiger partial charge in [-0.25, -0.2) is 4.98 Å². The monoisotopic (exact) mass is 274 g/mol. The molecule has 1 aliphatic heterocycles. The van der Waals surface area contributed by atoms with Crippen molar-refractivity contribution in [2.24, 2.45) is 5.92 Å². The molecule has 0 aromatic carbocycles. The first-order valence-corrected chi connectivity index (χ1v) is 6.88. The van der Waals surface area contributed by atoms with Crippen LogP contribution in [0, 0.1) is 5.92 Å². The zero-order valence-corrected chi connectivity index (χ0v) is 11.6. The molecule has 2 N–H and O–H groups in total. The zero-order chi connectivity index (χ0) is 11.2. The molecule has 96 valence electrons. The molecule has 1 saturated heterocycles. The van der Waals surface area contributed by atoms with Crippen LogP contribution in [-0.2, 0) is 6.54 Å². The molecule has 1 aliphatic rings. The molecule has 17 heavy (non-hydrogen) atoms. The summed E-state index contributed by atoms with van der Waals surface area (Å²) in [4.78, 5) is 8.65. The van der Waals surface area contributed by atoms with Crippen molar-refractivity contribution in [3.63, 3.8) is 0 Å². The van der Waals surface area contributed by atoms with E-state index in [9.17, 15) is 0 Å². The number of nitrogens with zero attached hydrogens (tertiary/aromatic N) is 2. The first-order valence-electron chi connectivity index (χ1n) is 5.65. The molecule has 2 heterocycles. The van der Waals surface area contributed by atoms with Crippen molar-refractivity contribution in [3.05, 3.63) is 18.1 Å². The van der Waals surface area contributed by atoms with Crippen LogP contribution < -0.4 is 10.6 Å². The minimum Gasteiger partial charge on any atom is -0.316 e. The van der Waals surface area contributed by atoms with Crippen LogP contribution in [0.15, 0.2) is 17.4 Å². The van der Waals surface area contributed by atoms with Gasteiger partial charge in [0.1, 0.15) is 5.03 Å². The first kappa shape index (κ1) is 14.7. The number of nitrogens with one attached hydrogen (secondary N) is 2. The minimum absolute atomic E-state index is 0. The number of hydrogen-bond donors (Lipinski definition) is 2. The Balaban J connectivity index is 0.00000144. The maximum absolute atomic E-state index is 4.35. The first-order chi connectivity index (χ1) is 7.90. The summed E-state index contributed by atoms with van der Waals surface area (Å²) in [5, 5.41) is 7.86. The summed E-state index contributed by atoms with van der Waals surface area (Å²) in [5.41, 5.74) is 1.06. The number of halogens is 1. The third-order valence-electron chi connectivity index (χ3n) is 2.82. The highest BCUT2D eigenvalue weighted by molar-refractivity contribution is 7.98. The van der Waals surface area contributed by atoms with E-state index in [1.54, 1.807) is 24.2 Å². The molecular formula is C11H19ClN4S. The Morgan fingerprint density at radius 1 is 1.47 bits per heavy atom. The van der Waals surface area contributed by atoms with Crippen molar-refractivity contribution in [2.75, 3.05) is 25.9 Å². The fourth-order valence-electron chi connectivity index (χ4n) is 1.93. The van der Waals surface area contributed by atoms with E-state index in [1.165, 1.54) is 6.42 Å². The lowest BCUT2D eigenvalue weighted by Gasteiger charge is -2.10. The number of rotatable bonds is 5. The molecule has 0 radical (unpaired) electrons. The SMILES string of the molecule is CSc1nccnc1CNCC1CCNC1.Cl. The molecule has 0 saturated carbocycles. The Morgan fingerprint density at radius 3 is 3.00 bits per heavy atom. The second kappa shape index (κ2) is 7.87. The molecule has 4 nitrogen and oxygen atoms in total. The molecule has 2 rings (SSSR count). The van der Waals surface area contributed by atoms with Crippen molar-refractivity contribution in [2.45, 2.75) is 18.0 Å². The fourth-order valence-corrected chi connectivity index (χ4v) is 2.46. The van der Waals surface area contributed by atoms with Gasteiger partial charge < -0.3 is 10.6 Å². The van der Waals surface area contributed by atoms with Gasteiger partial charge in [0, 0.05) is 18.9 Å². The van der Waals surface area contributed by atoms with Crippen LogP contribution in [0.4, 0.5) is 0 Å². The molecule has 1 aromatic heterocycles. The van der Waals surface area contributed by atoms with E-state index in [2.05, 4.69) is 20.6 Å². The molecule has 1 fully saturated rings. The van der Waals surface area contributed by atoms with Crippen LogP contribution >= 0.6 is 24.2 Å². The number of hydrogen-bond acceptors (Lipinski definition) is 5. The van der Waals surface area contributed by atoms with E-state index in [0.29, 0.717) is 0 Å². The third kappa shape index (κ3) is 4.43. The molecule has 1 unspecified atom stereocenters. The second-order valence-corrected chi connectivity index (χ2v) is 4.80. The van der Waals surface area contributed by atoms with Crippen LogP contribution in [0.5, 0.6) is 0 Å². The van der Waals surface area contributed by atoms with Crippen LogP contribution in [0.25, 0.3) is 0 Å². The van der Waals surface area contributed by atoms with Crippen molar-refractivity contribution in [1.82, 2.24) is 20.6 Å². The quantitative estimate of drug-likeness (QED) is 0.793. The highest BCUT2D eigenvalue weighted by Crippen LogP contribution is 2.14. The largest absolute Gasteiger partial charge is 0.316 e. The summed E-state index contributed by atoms with van der Waals surface area (Å²) in [5.74, 6) is 0.773. The highest BCUT2D eigenvalue weighted by atomic mass is 35.5. The predicted molar refractivity (Wildman–Crippen MR) is 73.7 cm³/mol. The zero-order valence-electron chi connectivity index (χ0n) is 9.98. The molecule has 0 bridgehead atoms. The Bertz CT molecular complexity index is 331. The summed E-state index contributed by atoms with van der Waals surface area (Å²) >= 11 is 1.65. The van der Waals surface area contributed by atoms with Gasteiger partial charge in [0.2, 0.25) is 0 Å². The van der Waals surface area contributed by atoms with Crippen molar-refractivity contribution < 1.29 is 0 Å². The number of thioether (sulfide) groups is 1. The van der Waals surface area contributed by atoms with Crippen molar-refractivity contribution in [3.8, 4) is 0 Å². The van der Waals surface area contributed by atoms with Gasteiger partial charge in [-0.15, -0.1) is 24.2 Å². The predicted octanol–water partition coefficient (Wildman–Crippen LogP) is 1.32. The van der Waals surface area contributed by atoms with E-state index < -0.39 is 0 Å². The molecule has 0 spiro atoms. The summed E-state index contributed by atoms with van der Waals surface area (Å²) in [6.07, 6.45) is 6.82. The Kier molecular flexibility index (Phi) is 6.80. The smallest absolute Gasteiger partial charge is 0.119 e. The Morgan fingerprint density at radius 2 is 2.29 bits per heavy atom. The van der Waals surface area contributed by atoms with Crippen LogP contribution in [0.3, 0.4) is 0 Å². The lowest BCUT2D eigenvalue weighted by molar-refractivity contribution is 0.506. The normalized spacial score (nSPS) is 19.0. The summed E-state index contributed by atoms with van der Waals surface area (Å²) < 4.78 is 0. The van der Waals surface area contributed by atoms with Gasteiger partial charge in [0.15, 0.2) is 0 Å². The lowest BCUT2D eigenvalue weighted by atomic mass is 10.1. The van der Waals surface area contributed by atoms with E-state index in [-0.39, 0.29) is 12.4 Å². The van der Waals surface area contributed by atoms with E-state index >= 15 is 0 Å². The van der Waals surface area contributed by atoms with Crippen LogP contribution in [-0.4, -0.2) is 35.9 Å². The van der Waals surface area contributed by atoms with Gasteiger partial charge in [0.05, 0.1) is 5.69 Å². The topological polar surface area (TPSA) is 49.8 Å². The van der Waals surface area contributed by atoms with E-state index in [1.807, 2.05) is 6.26 Å². The van der Waals surface area contributed by atoms with Crippen molar-refractivity contribution in [1.29, 1.82) is 0 Å². The van der Waals surface area contributed by atoms with Crippen LogP contribution in [0.2, 0.25) is 0 Å². The average Bonchev–Trinajstić information content (AvgIpc) is 2.83. The van der Waals surface area contributed by atoms with E-state index in [0.717, 1.165) is 42.8 Å². The van der Waals surface area contributed by atoms with Gasteiger partial charge in [-0.05, 0) is 38.2 Å². The molecule has 0 amide bonds. The molecular weight excluding hydrogens is 256 g/mol. The molecule has 1 atom stereocenters. The third-order valence-corrected chi connectivity index (χ3v) is 3.54. The van der Waals surface area contributed by atoms with Crippen molar-refractivity contribution >= 4 is 24.2 Å². The molecule has 1 aromatic rings. The van der Waals surface area contributed by atoms with E-state index in [4.69, 9.17) is 0 Å². The maximum Gasteiger partial charge on any atom is 0.119 e. The summed E-state index contributed by atoms with van der Waals surface area (Å²) in [6, 6.07) is 0. The minimum atomic E-state index is 0. The number of aromatic nitrogens is 2. The van der Waals surface area contributed by atoms with Gasteiger partial charge in [-0.1, -0.05) is 0 Å². The average molecular weight is 275 g/mol. The van der Waals surface area contributed by atoms with Gasteiger partial charge in [-0.2, -0.15) is 0 Å². The molecule has 0 aliphatic carbocycles. The van der Waals surface area contributed by atoms with Gasteiger partial charge >= 0.3 is 0 Å². The lowest BCUT2D eigenvalue weighted by Crippen LogP contribution is -2.24. The fraction of sp³-hybridized carbons (Fsp3) is 0.636. The Hall–Kier alpha value is -0.360.